The van der Waals surface area contributed by atoms with Crippen molar-refractivity contribution < 1.29 is 9.53 Å². The van der Waals surface area contributed by atoms with E-state index in [4.69, 9.17) is 9.84 Å². The van der Waals surface area contributed by atoms with Gasteiger partial charge < -0.3 is 15.4 Å². The summed E-state index contributed by atoms with van der Waals surface area (Å²) >= 11 is 0. The molecule has 2 N–H and O–H groups in total. The lowest BCUT2D eigenvalue weighted by Gasteiger charge is -2.13. The van der Waals surface area contributed by atoms with E-state index in [2.05, 4.69) is 20.3 Å². The third-order valence-corrected chi connectivity index (χ3v) is 5.16. The van der Waals surface area contributed by atoms with Gasteiger partial charge in [-0.3, -0.25) is 9.67 Å². The number of nitrogens with one attached hydrogen (secondary N) is 2. The van der Waals surface area contributed by atoms with Gasteiger partial charge >= 0.3 is 6.03 Å². The predicted molar refractivity (Wildman–Crippen MR) is 112 cm³/mol. The van der Waals surface area contributed by atoms with Gasteiger partial charge in [-0.1, -0.05) is 18.9 Å². The van der Waals surface area contributed by atoms with Crippen LogP contribution in [0.4, 0.5) is 10.5 Å². The molecular formula is C22H25N5O2. The minimum Gasteiger partial charge on any atom is -0.497 e. The normalized spacial score (nSPS) is 14.0. The molecule has 3 aromatic rings. The fraction of sp³-hybridized carbons (Fsp3) is 0.318. The summed E-state index contributed by atoms with van der Waals surface area (Å²) in [6.07, 6.45) is 6.51. The van der Waals surface area contributed by atoms with Crippen LogP contribution in [0, 0.1) is 0 Å². The number of pyridine rings is 1. The Bertz CT molecular complexity index is 947. The number of aromatic nitrogens is 3. The number of ether oxygens (including phenoxy) is 1. The predicted octanol–water partition coefficient (Wildman–Crippen LogP) is 4.39. The van der Waals surface area contributed by atoms with Crippen LogP contribution in [0.3, 0.4) is 0 Å². The Morgan fingerprint density at radius 3 is 2.66 bits per heavy atom. The number of carbonyl (C=O) groups excluding carboxylic acids is 1. The highest BCUT2D eigenvalue weighted by Crippen LogP contribution is 2.33. The Morgan fingerprint density at radius 2 is 1.97 bits per heavy atom. The number of anilines is 1. The van der Waals surface area contributed by atoms with Gasteiger partial charge in [0.15, 0.2) is 0 Å². The summed E-state index contributed by atoms with van der Waals surface area (Å²) in [6, 6.07) is 15.2. The Labute approximate surface area is 170 Å². The number of carbonyl (C=O) groups is 1. The SMILES string of the molecule is COc1ccc(NC(=O)NCc2cc(-c3ccccn3)n(C3CCCC3)n2)cc1. The van der Waals surface area contributed by atoms with Crippen molar-refractivity contribution in [1.29, 1.82) is 0 Å². The highest BCUT2D eigenvalue weighted by atomic mass is 16.5. The van der Waals surface area contributed by atoms with Crippen molar-refractivity contribution in [2.45, 2.75) is 38.3 Å². The van der Waals surface area contributed by atoms with Crippen LogP contribution in [0.15, 0.2) is 54.7 Å². The zero-order chi connectivity index (χ0) is 20.1. The summed E-state index contributed by atoms with van der Waals surface area (Å²) in [5.74, 6) is 0.746. The van der Waals surface area contributed by atoms with E-state index < -0.39 is 0 Å². The summed E-state index contributed by atoms with van der Waals surface area (Å²) in [4.78, 5) is 16.7. The monoisotopic (exact) mass is 391 g/mol. The molecule has 2 amide bonds. The minimum absolute atomic E-state index is 0.273. The number of benzene rings is 1. The average Bonchev–Trinajstić information content (AvgIpc) is 3.43. The van der Waals surface area contributed by atoms with Gasteiger partial charge in [-0.25, -0.2) is 4.79 Å². The molecule has 0 radical (unpaired) electrons. The van der Waals surface area contributed by atoms with Crippen LogP contribution in [0.2, 0.25) is 0 Å². The van der Waals surface area contributed by atoms with Crippen molar-refractivity contribution in [1.82, 2.24) is 20.1 Å². The highest BCUT2D eigenvalue weighted by Gasteiger charge is 2.22. The number of rotatable bonds is 6. The molecule has 2 aromatic heterocycles. The zero-order valence-electron chi connectivity index (χ0n) is 16.5. The molecule has 0 bridgehead atoms. The molecule has 2 heterocycles. The van der Waals surface area contributed by atoms with Gasteiger partial charge in [0.1, 0.15) is 5.75 Å². The Balaban J connectivity index is 1.44. The van der Waals surface area contributed by atoms with E-state index in [-0.39, 0.29) is 6.03 Å². The highest BCUT2D eigenvalue weighted by molar-refractivity contribution is 5.89. The van der Waals surface area contributed by atoms with Crippen molar-refractivity contribution in [3.05, 3.63) is 60.4 Å². The third kappa shape index (κ3) is 4.56. The number of hydrogen-bond acceptors (Lipinski definition) is 4. The molecular weight excluding hydrogens is 366 g/mol. The van der Waals surface area contributed by atoms with Crippen LogP contribution in [0.5, 0.6) is 5.75 Å². The quantitative estimate of drug-likeness (QED) is 0.653. The Kier molecular flexibility index (Phi) is 5.74. The fourth-order valence-corrected chi connectivity index (χ4v) is 3.68. The first-order valence-electron chi connectivity index (χ1n) is 9.91. The molecule has 150 valence electrons. The molecule has 1 aromatic carbocycles. The standard InChI is InChI=1S/C22H25N5O2/c1-29-19-11-9-16(10-12-19)25-22(28)24-15-17-14-21(20-8-4-5-13-23-20)27(26-17)18-6-2-3-7-18/h4-5,8-14,18H,2-3,6-7,15H2,1H3,(H2,24,25,28). The molecule has 29 heavy (non-hydrogen) atoms. The molecule has 4 rings (SSSR count). The minimum atomic E-state index is -0.273. The second-order valence-corrected chi connectivity index (χ2v) is 7.15. The van der Waals surface area contributed by atoms with Crippen LogP contribution in [0.25, 0.3) is 11.4 Å². The fourth-order valence-electron chi connectivity index (χ4n) is 3.68. The van der Waals surface area contributed by atoms with E-state index in [1.165, 1.54) is 12.8 Å². The van der Waals surface area contributed by atoms with Gasteiger partial charge in [0.2, 0.25) is 0 Å². The van der Waals surface area contributed by atoms with E-state index in [1.807, 2.05) is 24.3 Å². The molecule has 1 saturated carbocycles. The lowest BCUT2D eigenvalue weighted by Crippen LogP contribution is -2.28. The van der Waals surface area contributed by atoms with Gasteiger partial charge in [-0.05, 0) is 55.3 Å². The van der Waals surface area contributed by atoms with Gasteiger partial charge in [0.25, 0.3) is 0 Å². The van der Waals surface area contributed by atoms with E-state index in [0.29, 0.717) is 18.3 Å². The molecule has 1 aliphatic rings. The maximum Gasteiger partial charge on any atom is 0.319 e. The molecule has 1 fully saturated rings. The first kappa shape index (κ1) is 19.0. The molecule has 0 spiro atoms. The van der Waals surface area contributed by atoms with Crippen LogP contribution < -0.4 is 15.4 Å². The molecule has 0 aliphatic heterocycles. The van der Waals surface area contributed by atoms with E-state index in [1.54, 1.807) is 37.6 Å². The average molecular weight is 391 g/mol. The maximum atomic E-state index is 12.3. The lowest BCUT2D eigenvalue weighted by molar-refractivity contribution is 0.251. The first-order valence-corrected chi connectivity index (χ1v) is 9.91. The topological polar surface area (TPSA) is 81.1 Å². The number of methoxy groups -OCH3 is 1. The maximum absolute atomic E-state index is 12.3. The van der Waals surface area contributed by atoms with E-state index in [9.17, 15) is 4.79 Å². The summed E-state index contributed by atoms with van der Waals surface area (Å²) in [5.41, 5.74) is 3.43. The van der Waals surface area contributed by atoms with Gasteiger partial charge in [-0.2, -0.15) is 5.10 Å². The van der Waals surface area contributed by atoms with Crippen molar-refractivity contribution in [3.63, 3.8) is 0 Å². The summed E-state index contributed by atoms with van der Waals surface area (Å²) in [6.45, 7) is 0.349. The van der Waals surface area contributed by atoms with Crippen LogP contribution in [-0.4, -0.2) is 27.9 Å². The summed E-state index contributed by atoms with van der Waals surface area (Å²) in [7, 11) is 1.61. The van der Waals surface area contributed by atoms with Gasteiger partial charge in [-0.15, -0.1) is 0 Å². The van der Waals surface area contributed by atoms with Crippen LogP contribution in [-0.2, 0) is 6.54 Å². The largest absolute Gasteiger partial charge is 0.497 e. The molecule has 7 heteroatoms. The second-order valence-electron chi connectivity index (χ2n) is 7.15. The van der Waals surface area contributed by atoms with Crippen LogP contribution in [0.1, 0.15) is 37.4 Å². The van der Waals surface area contributed by atoms with E-state index in [0.717, 1.165) is 35.7 Å². The Morgan fingerprint density at radius 1 is 1.17 bits per heavy atom. The van der Waals surface area contributed by atoms with Gasteiger partial charge in [0.05, 0.1) is 36.8 Å². The first-order chi connectivity index (χ1) is 14.2. The smallest absolute Gasteiger partial charge is 0.319 e. The molecule has 0 atom stereocenters. The van der Waals surface area contributed by atoms with Crippen molar-refractivity contribution in [2.75, 3.05) is 12.4 Å². The number of urea groups is 1. The number of hydrogen-bond donors (Lipinski definition) is 2. The lowest BCUT2D eigenvalue weighted by atomic mass is 10.2. The molecule has 7 nitrogen and oxygen atoms in total. The Hall–Kier alpha value is -3.35. The van der Waals surface area contributed by atoms with Gasteiger partial charge in [0, 0.05) is 11.9 Å². The van der Waals surface area contributed by atoms with Crippen molar-refractivity contribution >= 4 is 11.7 Å². The number of nitrogens with zero attached hydrogens (tertiary/aromatic N) is 3. The van der Waals surface area contributed by atoms with Crippen LogP contribution >= 0.6 is 0 Å². The van der Waals surface area contributed by atoms with E-state index >= 15 is 0 Å². The zero-order valence-corrected chi connectivity index (χ0v) is 16.5. The molecule has 0 unspecified atom stereocenters. The summed E-state index contributed by atoms with van der Waals surface area (Å²) in [5, 5.41) is 10.5. The second kappa shape index (κ2) is 8.77. The molecule has 0 saturated heterocycles. The molecule has 1 aliphatic carbocycles. The third-order valence-electron chi connectivity index (χ3n) is 5.16. The number of amides is 2. The van der Waals surface area contributed by atoms with Crippen molar-refractivity contribution in [3.8, 4) is 17.1 Å². The summed E-state index contributed by atoms with van der Waals surface area (Å²) < 4.78 is 7.22. The van der Waals surface area contributed by atoms with Crippen molar-refractivity contribution in [2.24, 2.45) is 0 Å².